The molecule has 0 fully saturated rings. The van der Waals surface area contributed by atoms with Crippen molar-refractivity contribution in [2.75, 3.05) is 24.5 Å². The number of nitrogens with zero attached hydrogens (tertiary/aromatic N) is 3. The first-order valence-corrected chi connectivity index (χ1v) is 12.4. The van der Waals surface area contributed by atoms with Gasteiger partial charge in [-0.1, -0.05) is 60.7 Å². The van der Waals surface area contributed by atoms with Crippen LogP contribution in [0.25, 0.3) is 11.3 Å². The molecule has 174 valence electrons. The maximum absolute atomic E-state index is 5.00. The summed E-state index contributed by atoms with van der Waals surface area (Å²) in [6, 6.07) is 26.0. The lowest BCUT2D eigenvalue weighted by atomic mass is 10.0. The van der Waals surface area contributed by atoms with Gasteiger partial charge >= 0.3 is 0 Å². The lowest BCUT2D eigenvalue weighted by Gasteiger charge is -2.19. The van der Waals surface area contributed by atoms with Gasteiger partial charge < -0.3 is 10.2 Å². The first-order valence-electron chi connectivity index (χ1n) is 12.4. The van der Waals surface area contributed by atoms with Crippen molar-refractivity contribution in [1.29, 1.82) is 0 Å². The van der Waals surface area contributed by atoms with Crippen molar-refractivity contribution in [3.05, 3.63) is 107 Å². The molecule has 4 heteroatoms. The topological polar surface area (TPSA) is 33.1 Å². The Balaban J connectivity index is 1.24. The SMILES string of the molecule is Cc1ccc(-c2nn(Cc3ccccc3)cc2CNCCCN2CCc3ccccc32)cc1C. The maximum atomic E-state index is 5.00. The highest BCUT2D eigenvalue weighted by Gasteiger charge is 2.17. The number of nitrogens with one attached hydrogen (secondary N) is 1. The molecule has 0 bridgehead atoms. The van der Waals surface area contributed by atoms with Crippen molar-refractivity contribution in [2.45, 2.75) is 39.8 Å². The second-order valence-electron chi connectivity index (χ2n) is 9.38. The van der Waals surface area contributed by atoms with Crippen LogP contribution in [0.15, 0.2) is 79.0 Å². The van der Waals surface area contributed by atoms with E-state index in [1.54, 1.807) is 0 Å². The van der Waals surface area contributed by atoms with Crippen molar-refractivity contribution < 1.29 is 0 Å². The minimum atomic E-state index is 0.785. The normalized spacial score (nSPS) is 12.8. The zero-order valence-electron chi connectivity index (χ0n) is 20.3. The van der Waals surface area contributed by atoms with Gasteiger partial charge in [0.2, 0.25) is 0 Å². The van der Waals surface area contributed by atoms with Crippen LogP contribution in [-0.4, -0.2) is 29.4 Å². The minimum absolute atomic E-state index is 0.785. The van der Waals surface area contributed by atoms with Crippen LogP contribution in [0.2, 0.25) is 0 Å². The van der Waals surface area contributed by atoms with Gasteiger partial charge in [0.1, 0.15) is 0 Å². The van der Waals surface area contributed by atoms with E-state index < -0.39 is 0 Å². The fourth-order valence-corrected chi connectivity index (χ4v) is 4.83. The van der Waals surface area contributed by atoms with E-state index in [-0.39, 0.29) is 0 Å². The van der Waals surface area contributed by atoms with Gasteiger partial charge in [0.25, 0.3) is 0 Å². The van der Waals surface area contributed by atoms with E-state index >= 15 is 0 Å². The molecular weight excluding hydrogens is 416 g/mol. The molecule has 0 aliphatic carbocycles. The molecule has 1 aliphatic rings. The minimum Gasteiger partial charge on any atom is -0.371 e. The Morgan fingerprint density at radius 2 is 1.74 bits per heavy atom. The molecule has 0 atom stereocenters. The maximum Gasteiger partial charge on any atom is 0.0968 e. The van der Waals surface area contributed by atoms with Gasteiger partial charge in [-0.2, -0.15) is 5.10 Å². The first-order chi connectivity index (χ1) is 16.7. The lowest BCUT2D eigenvalue weighted by molar-refractivity contribution is 0.637. The summed E-state index contributed by atoms with van der Waals surface area (Å²) in [5, 5.41) is 8.68. The molecule has 4 aromatic rings. The molecule has 34 heavy (non-hydrogen) atoms. The molecule has 0 unspecified atom stereocenters. The van der Waals surface area contributed by atoms with Crippen molar-refractivity contribution in [1.82, 2.24) is 15.1 Å². The van der Waals surface area contributed by atoms with E-state index in [2.05, 4.69) is 108 Å². The summed E-state index contributed by atoms with van der Waals surface area (Å²) < 4.78 is 2.08. The van der Waals surface area contributed by atoms with Crippen LogP contribution in [0, 0.1) is 13.8 Å². The number of rotatable bonds is 9. The Hall–Kier alpha value is -3.37. The van der Waals surface area contributed by atoms with Crippen LogP contribution in [0.5, 0.6) is 0 Å². The highest BCUT2D eigenvalue weighted by Crippen LogP contribution is 2.27. The predicted octanol–water partition coefficient (Wildman–Crippen LogP) is 5.76. The average molecular weight is 451 g/mol. The summed E-state index contributed by atoms with van der Waals surface area (Å²) in [7, 11) is 0. The summed E-state index contributed by atoms with van der Waals surface area (Å²) in [6.45, 7) is 9.18. The molecule has 0 spiro atoms. The predicted molar refractivity (Wildman–Crippen MR) is 141 cm³/mol. The highest BCUT2D eigenvalue weighted by molar-refractivity contribution is 5.64. The molecule has 0 saturated heterocycles. The number of benzene rings is 3. The Morgan fingerprint density at radius 1 is 0.912 bits per heavy atom. The second-order valence-corrected chi connectivity index (χ2v) is 9.38. The molecule has 5 rings (SSSR count). The Morgan fingerprint density at radius 3 is 2.59 bits per heavy atom. The Kier molecular flexibility index (Phi) is 6.77. The van der Waals surface area contributed by atoms with Crippen molar-refractivity contribution >= 4 is 5.69 Å². The molecule has 1 aromatic heterocycles. The number of anilines is 1. The van der Waals surface area contributed by atoms with E-state index in [9.17, 15) is 0 Å². The monoisotopic (exact) mass is 450 g/mol. The van der Waals surface area contributed by atoms with Crippen molar-refractivity contribution in [2.24, 2.45) is 0 Å². The summed E-state index contributed by atoms with van der Waals surface area (Å²) in [4.78, 5) is 2.52. The van der Waals surface area contributed by atoms with E-state index in [0.29, 0.717) is 0 Å². The third-order valence-electron chi connectivity index (χ3n) is 6.89. The van der Waals surface area contributed by atoms with E-state index in [1.165, 1.54) is 45.5 Å². The number of para-hydroxylation sites is 1. The van der Waals surface area contributed by atoms with E-state index in [4.69, 9.17) is 5.10 Å². The van der Waals surface area contributed by atoms with Gasteiger partial charge in [0.15, 0.2) is 0 Å². The van der Waals surface area contributed by atoms with E-state index in [1.807, 2.05) is 0 Å². The Labute approximate surface area is 203 Å². The number of hydrogen-bond donors (Lipinski definition) is 1. The largest absolute Gasteiger partial charge is 0.371 e. The summed E-state index contributed by atoms with van der Waals surface area (Å²) in [5.41, 5.74) is 10.3. The standard InChI is InChI=1S/C30H34N4/c1-23-13-14-27(19-24(23)2)30-28(22-34(32-30)21-25-9-4-3-5-10-25)20-31-16-8-17-33-18-15-26-11-6-7-12-29(26)33/h3-7,9-14,19,22,31H,8,15-18,20-21H2,1-2H3. The zero-order chi connectivity index (χ0) is 23.3. The van der Waals surface area contributed by atoms with Crippen LogP contribution in [-0.2, 0) is 19.5 Å². The van der Waals surface area contributed by atoms with E-state index in [0.717, 1.165) is 44.8 Å². The fraction of sp³-hybridized carbons (Fsp3) is 0.300. The van der Waals surface area contributed by atoms with Gasteiger partial charge in [0, 0.05) is 42.6 Å². The average Bonchev–Trinajstić information content (AvgIpc) is 3.45. The molecule has 0 amide bonds. The summed E-state index contributed by atoms with van der Waals surface area (Å²) in [5.74, 6) is 0. The smallest absolute Gasteiger partial charge is 0.0968 e. The fourth-order valence-electron chi connectivity index (χ4n) is 4.83. The zero-order valence-corrected chi connectivity index (χ0v) is 20.3. The van der Waals surface area contributed by atoms with Gasteiger partial charge in [-0.15, -0.1) is 0 Å². The number of hydrogen-bond acceptors (Lipinski definition) is 3. The van der Waals surface area contributed by atoms with Crippen LogP contribution >= 0.6 is 0 Å². The third kappa shape index (κ3) is 5.07. The molecule has 0 saturated carbocycles. The number of aryl methyl sites for hydroxylation is 2. The summed E-state index contributed by atoms with van der Waals surface area (Å²) >= 11 is 0. The second kappa shape index (κ2) is 10.3. The van der Waals surface area contributed by atoms with Crippen LogP contribution in [0.1, 0.15) is 34.2 Å². The van der Waals surface area contributed by atoms with Crippen molar-refractivity contribution in [3.63, 3.8) is 0 Å². The van der Waals surface area contributed by atoms with Crippen LogP contribution in [0.4, 0.5) is 5.69 Å². The third-order valence-corrected chi connectivity index (χ3v) is 6.89. The Bertz CT molecular complexity index is 1240. The summed E-state index contributed by atoms with van der Waals surface area (Å²) in [6.07, 6.45) is 4.51. The van der Waals surface area contributed by atoms with Gasteiger partial charge in [-0.05, 0) is 67.6 Å². The number of fused-ring (bicyclic) bond motifs is 1. The quantitative estimate of drug-likeness (QED) is 0.329. The van der Waals surface area contributed by atoms with Gasteiger partial charge in [-0.25, -0.2) is 0 Å². The van der Waals surface area contributed by atoms with Crippen molar-refractivity contribution in [3.8, 4) is 11.3 Å². The molecular formula is C30H34N4. The molecule has 2 heterocycles. The van der Waals surface area contributed by atoms with Gasteiger partial charge in [-0.3, -0.25) is 4.68 Å². The van der Waals surface area contributed by atoms with Gasteiger partial charge in [0.05, 0.1) is 12.2 Å². The molecule has 3 aromatic carbocycles. The molecule has 4 nitrogen and oxygen atoms in total. The first kappa shape index (κ1) is 22.4. The molecule has 1 N–H and O–H groups in total. The van der Waals surface area contributed by atoms with Crippen LogP contribution in [0.3, 0.4) is 0 Å². The lowest BCUT2D eigenvalue weighted by Crippen LogP contribution is -2.25. The molecule has 0 radical (unpaired) electrons. The molecule has 1 aliphatic heterocycles. The van der Waals surface area contributed by atoms with Crippen LogP contribution < -0.4 is 10.2 Å². The highest BCUT2D eigenvalue weighted by atomic mass is 15.3. The number of aromatic nitrogens is 2.